The second-order valence-electron chi connectivity index (χ2n) is 3.66. The van der Waals surface area contributed by atoms with Crippen LogP contribution < -0.4 is 0 Å². The molecule has 2 rings (SSSR count). The number of carbonyl (C=O) groups excluding carboxylic acids is 2. The summed E-state index contributed by atoms with van der Waals surface area (Å²) in [4.78, 5) is 24.2. The van der Waals surface area contributed by atoms with Gasteiger partial charge in [0.15, 0.2) is 5.78 Å². The molecular formula is C12H7F3O2S2. The van der Waals surface area contributed by atoms with Gasteiger partial charge in [-0.1, -0.05) is 6.07 Å². The van der Waals surface area contributed by atoms with Crippen molar-refractivity contribution in [2.45, 2.75) is 12.6 Å². The van der Waals surface area contributed by atoms with Crippen LogP contribution in [-0.2, 0) is 4.79 Å². The van der Waals surface area contributed by atoms with Gasteiger partial charge in [0, 0.05) is 9.75 Å². The van der Waals surface area contributed by atoms with E-state index in [1.807, 2.05) is 17.5 Å². The molecule has 2 aromatic heterocycles. The minimum Gasteiger partial charge on any atom is -0.293 e. The summed E-state index contributed by atoms with van der Waals surface area (Å²) in [6.07, 6.45) is -6.09. The zero-order chi connectivity index (χ0) is 14.0. The minimum atomic E-state index is -4.95. The van der Waals surface area contributed by atoms with Crippen LogP contribution in [-0.4, -0.2) is 17.7 Å². The average Bonchev–Trinajstić information content (AvgIpc) is 2.98. The minimum absolute atomic E-state index is 0.168. The van der Waals surface area contributed by atoms with Crippen molar-refractivity contribution in [2.75, 3.05) is 0 Å². The molecule has 0 bridgehead atoms. The van der Waals surface area contributed by atoms with E-state index in [0.717, 1.165) is 21.1 Å². The molecule has 2 nitrogen and oxygen atoms in total. The topological polar surface area (TPSA) is 34.1 Å². The molecule has 100 valence electrons. The zero-order valence-electron chi connectivity index (χ0n) is 9.36. The lowest BCUT2D eigenvalue weighted by Gasteiger charge is -2.02. The van der Waals surface area contributed by atoms with Gasteiger partial charge >= 0.3 is 6.18 Å². The molecule has 0 unspecified atom stereocenters. The second kappa shape index (κ2) is 5.26. The largest absolute Gasteiger partial charge is 0.450 e. The third-order valence-corrected chi connectivity index (χ3v) is 4.47. The van der Waals surface area contributed by atoms with Crippen molar-refractivity contribution in [1.29, 1.82) is 0 Å². The van der Waals surface area contributed by atoms with E-state index >= 15 is 0 Å². The Labute approximate surface area is 114 Å². The van der Waals surface area contributed by atoms with Gasteiger partial charge in [-0.25, -0.2) is 0 Å². The van der Waals surface area contributed by atoms with Gasteiger partial charge in [0.25, 0.3) is 0 Å². The van der Waals surface area contributed by atoms with Crippen LogP contribution in [0, 0.1) is 0 Å². The zero-order valence-corrected chi connectivity index (χ0v) is 11.0. The predicted octanol–water partition coefficient (Wildman–Crippen LogP) is 4.18. The standard InChI is InChI=1S/C12H7F3O2S2/c13-12(14,15)11(17)6-7(16)8-3-4-10(19-8)9-2-1-5-18-9/h1-5H,6H2. The number of Topliss-reactive ketones (excluding diaryl/α,β-unsaturated/α-hetero) is 2. The van der Waals surface area contributed by atoms with E-state index in [4.69, 9.17) is 0 Å². The highest BCUT2D eigenvalue weighted by atomic mass is 32.1. The van der Waals surface area contributed by atoms with Crippen LogP contribution in [0.25, 0.3) is 9.75 Å². The van der Waals surface area contributed by atoms with Crippen LogP contribution in [0.3, 0.4) is 0 Å². The highest BCUT2D eigenvalue weighted by Crippen LogP contribution is 2.32. The lowest BCUT2D eigenvalue weighted by atomic mass is 10.2. The summed E-state index contributed by atoms with van der Waals surface area (Å²) in [6, 6.07) is 6.81. The third kappa shape index (κ3) is 3.30. The summed E-state index contributed by atoms with van der Waals surface area (Å²) in [5, 5.41) is 1.86. The maximum atomic E-state index is 12.1. The molecule has 0 aromatic carbocycles. The molecule has 0 saturated carbocycles. The fraction of sp³-hybridized carbons (Fsp3) is 0.167. The van der Waals surface area contributed by atoms with E-state index in [1.54, 1.807) is 6.07 Å². The summed E-state index contributed by atoms with van der Waals surface area (Å²) < 4.78 is 36.2. The maximum absolute atomic E-state index is 12.1. The first-order valence-electron chi connectivity index (χ1n) is 5.15. The molecule has 0 aliphatic carbocycles. The van der Waals surface area contributed by atoms with Crippen molar-refractivity contribution in [3.8, 4) is 9.75 Å². The van der Waals surface area contributed by atoms with E-state index in [9.17, 15) is 22.8 Å². The van der Waals surface area contributed by atoms with Gasteiger partial charge in [0.1, 0.15) is 0 Å². The van der Waals surface area contributed by atoms with Gasteiger partial charge in [-0.3, -0.25) is 9.59 Å². The first-order chi connectivity index (χ1) is 8.88. The normalized spacial score (nSPS) is 11.5. The second-order valence-corrected chi connectivity index (χ2v) is 5.69. The Morgan fingerprint density at radius 1 is 1.11 bits per heavy atom. The highest BCUT2D eigenvalue weighted by molar-refractivity contribution is 7.22. The molecule has 0 atom stereocenters. The number of alkyl halides is 3. The lowest BCUT2D eigenvalue weighted by Crippen LogP contribution is -2.25. The van der Waals surface area contributed by atoms with E-state index in [2.05, 4.69) is 0 Å². The van der Waals surface area contributed by atoms with Crippen LogP contribution in [0.4, 0.5) is 13.2 Å². The molecule has 2 aromatic rings. The Bertz CT molecular complexity index is 597. The number of hydrogen-bond donors (Lipinski definition) is 0. The lowest BCUT2D eigenvalue weighted by molar-refractivity contribution is -0.170. The van der Waals surface area contributed by atoms with Crippen molar-refractivity contribution in [3.05, 3.63) is 34.5 Å². The van der Waals surface area contributed by atoms with Crippen LogP contribution >= 0.6 is 22.7 Å². The van der Waals surface area contributed by atoms with Gasteiger partial charge in [-0.05, 0) is 23.6 Å². The fourth-order valence-electron chi connectivity index (χ4n) is 1.37. The monoisotopic (exact) mass is 304 g/mol. The molecule has 19 heavy (non-hydrogen) atoms. The van der Waals surface area contributed by atoms with E-state index < -0.39 is 24.2 Å². The number of ketones is 2. The Balaban J connectivity index is 2.11. The number of carbonyl (C=O) groups is 2. The van der Waals surface area contributed by atoms with Gasteiger partial charge in [0.05, 0.1) is 11.3 Å². The third-order valence-electron chi connectivity index (χ3n) is 2.28. The van der Waals surface area contributed by atoms with Gasteiger partial charge in [-0.15, -0.1) is 22.7 Å². The fourth-order valence-corrected chi connectivity index (χ4v) is 3.15. The number of halogens is 3. The number of thiophene rings is 2. The van der Waals surface area contributed by atoms with E-state index in [0.29, 0.717) is 0 Å². The van der Waals surface area contributed by atoms with Crippen LogP contribution in [0.5, 0.6) is 0 Å². The van der Waals surface area contributed by atoms with E-state index in [1.165, 1.54) is 17.4 Å². The molecule has 7 heteroatoms. The van der Waals surface area contributed by atoms with Crippen molar-refractivity contribution in [1.82, 2.24) is 0 Å². The molecule has 0 saturated heterocycles. The Hall–Kier alpha value is -1.47. The summed E-state index contributed by atoms with van der Waals surface area (Å²) in [6.45, 7) is 0. The summed E-state index contributed by atoms with van der Waals surface area (Å²) in [7, 11) is 0. The van der Waals surface area contributed by atoms with Gasteiger partial charge in [0.2, 0.25) is 5.78 Å². The van der Waals surface area contributed by atoms with Crippen molar-refractivity contribution >= 4 is 34.2 Å². The molecule has 0 fully saturated rings. The number of rotatable bonds is 4. The first-order valence-corrected chi connectivity index (χ1v) is 6.84. The van der Waals surface area contributed by atoms with Crippen molar-refractivity contribution in [2.24, 2.45) is 0 Å². The Morgan fingerprint density at radius 2 is 1.84 bits per heavy atom. The van der Waals surface area contributed by atoms with Crippen molar-refractivity contribution < 1.29 is 22.8 Å². The highest BCUT2D eigenvalue weighted by Gasteiger charge is 2.39. The SMILES string of the molecule is O=C(CC(=O)C(F)(F)F)c1ccc(-c2cccs2)s1. The molecule has 0 amide bonds. The quantitative estimate of drug-likeness (QED) is 0.627. The van der Waals surface area contributed by atoms with Gasteiger partial charge in [-0.2, -0.15) is 13.2 Å². The molecule has 2 heterocycles. The average molecular weight is 304 g/mol. The van der Waals surface area contributed by atoms with Crippen LogP contribution in [0.1, 0.15) is 16.1 Å². The van der Waals surface area contributed by atoms with Crippen LogP contribution in [0.15, 0.2) is 29.6 Å². The maximum Gasteiger partial charge on any atom is 0.450 e. The van der Waals surface area contributed by atoms with E-state index in [-0.39, 0.29) is 4.88 Å². The van der Waals surface area contributed by atoms with Crippen molar-refractivity contribution in [3.63, 3.8) is 0 Å². The Kier molecular flexibility index (Phi) is 3.86. The molecule has 0 N–H and O–H groups in total. The predicted molar refractivity (Wildman–Crippen MR) is 67.6 cm³/mol. The molecule has 0 aliphatic heterocycles. The van der Waals surface area contributed by atoms with Crippen LogP contribution in [0.2, 0.25) is 0 Å². The molecular weight excluding hydrogens is 297 g/mol. The molecule has 0 radical (unpaired) electrons. The summed E-state index contributed by atoms with van der Waals surface area (Å²) in [5.41, 5.74) is 0. The van der Waals surface area contributed by atoms with Gasteiger partial charge < -0.3 is 0 Å². The number of hydrogen-bond acceptors (Lipinski definition) is 4. The summed E-state index contributed by atoms with van der Waals surface area (Å²) in [5.74, 6) is -2.81. The molecule has 0 spiro atoms. The first kappa shape index (κ1) is 14.0. The smallest absolute Gasteiger partial charge is 0.293 e. The Morgan fingerprint density at radius 3 is 2.42 bits per heavy atom. The summed E-state index contributed by atoms with van der Waals surface area (Å²) >= 11 is 2.56. The molecule has 0 aliphatic rings.